The van der Waals surface area contributed by atoms with E-state index in [4.69, 9.17) is 4.74 Å². The summed E-state index contributed by atoms with van der Waals surface area (Å²) in [5, 5.41) is 0. The van der Waals surface area contributed by atoms with Crippen LogP contribution in [0.4, 0.5) is 4.39 Å². The molecule has 0 N–H and O–H groups in total. The highest BCUT2D eigenvalue weighted by atomic mass is 19.1. The van der Waals surface area contributed by atoms with E-state index in [0.717, 1.165) is 5.56 Å². The number of rotatable bonds is 3. The van der Waals surface area contributed by atoms with E-state index in [1.807, 2.05) is 42.2 Å². The molecular formula is C15H20FNO2. The molecule has 1 fully saturated rings. The predicted molar refractivity (Wildman–Crippen MR) is 71.5 cm³/mol. The first-order valence-electron chi connectivity index (χ1n) is 6.66. The molecule has 0 radical (unpaired) electrons. The molecule has 0 amide bonds. The second-order valence-corrected chi connectivity index (χ2v) is 4.99. The summed E-state index contributed by atoms with van der Waals surface area (Å²) in [6.45, 7) is 2.63. The van der Waals surface area contributed by atoms with Crippen LogP contribution in [0, 0.1) is 0 Å². The van der Waals surface area contributed by atoms with Crippen molar-refractivity contribution >= 4 is 5.97 Å². The highest BCUT2D eigenvalue weighted by Gasteiger charge is 2.36. The number of carbonyl (C=O) groups is 1. The Balaban J connectivity index is 2.18. The van der Waals surface area contributed by atoms with Crippen LogP contribution in [0.25, 0.3) is 0 Å². The zero-order valence-corrected chi connectivity index (χ0v) is 11.4. The average Bonchev–Trinajstić information content (AvgIpc) is 2.46. The first-order valence-corrected chi connectivity index (χ1v) is 6.66. The first-order chi connectivity index (χ1) is 9.13. The molecule has 1 heterocycles. The summed E-state index contributed by atoms with van der Waals surface area (Å²) in [7, 11) is 1.36. The molecule has 0 aromatic heterocycles. The number of likely N-dealkylation sites (tertiary alicyclic amines) is 1. The lowest BCUT2D eigenvalue weighted by Gasteiger charge is -2.39. The number of hydrogen-bond donors (Lipinski definition) is 0. The van der Waals surface area contributed by atoms with Crippen LogP contribution in [0.15, 0.2) is 30.3 Å². The number of methoxy groups -OCH3 is 1. The molecule has 3 atom stereocenters. The molecule has 0 spiro atoms. The summed E-state index contributed by atoms with van der Waals surface area (Å²) in [5.74, 6) is -0.342. The van der Waals surface area contributed by atoms with Gasteiger partial charge < -0.3 is 4.74 Å². The second kappa shape index (κ2) is 6.15. The first kappa shape index (κ1) is 14.0. The normalized spacial score (nSPS) is 25.8. The van der Waals surface area contributed by atoms with E-state index in [-0.39, 0.29) is 18.4 Å². The van der Waals surface area contributed by atoms with Crippen molar-refractivity contribution < 1.29 is 13.9 Å². The fourth-order valence-corrected chi connectivity index (χ4v) is 2.69. The van der Waals surface area contributed by atoms with Crippen LogP contribution in [0.2, 0.25) is 0 Å². The van der Waals surface area contributed by atoms with Gasteiger partial charge in [-0.15, -0.1) is 0 Å². The fraction of sp³-hybridized carbons (Fsp3) is 0.533. The van der Waals surface area contributed by atoms with Gasteiger partial charge in [-0.2, -0.15) is 0 Å². The molecular weight excluding hydrogens is 245 g/mol. The van der Waals surface area contributed by atoms with Gasteiger partial charge in [0.2, 0.25) is 0 Å². The molecule has 0 unspecified atom stereocenters. The van der Waals surface area contributed by atoms with Crippen molar-refractivity contribution in [2.45, 2.75) is 38.0 Å². The molecule has 104 valence electrons. The third kappa shape index (κ3) is 3.13. The van der Waals surface area contributed by atoms with Gasteiger partial charge in [0.25, 0.3) is 0 Å². The quantitative estimate of drug-likeness (QED) is 0.787. The second-order valence-electron chi connectivity index (χ2n) is 4.99. The van der Waals surface area contributed by atoms with Gasteiger partial charge in [0.15, 0.2) is 0 Å². The van der Waals surface area contributed by atoms with Crippen molar-refractivity contribution in [1.29, 1.82) is 0 Å². The summed E-state index contributed by atoms with van der Waals surface area (Å²) in [4.78, 5) is 13.9. The van der Waals surface area contributed by atoms with Gasteiger partial charge in [-0.25, -0.2) is 4.39 Å². The van der Waals surface area contributed by atoms with Crippen molar-refractivity contribution in [3.8, 4) is 0 Å². The van der Waals surface area contributed by atoms with Crippen LogP contribution in [0.1, 0.15) is 31.4 Å². The highest BCUT2D eigenvalue weighted by molar-refractivity contribution is 5.76. The number of piperidine rings is 1. The lowest BCUT2D eigenvalue weighted by molar-refractivity contribution is -0.150. The van der Waals surface area contributed by atoms with Crippen LogP contribution < -0.4 is 0 Å². The molecule has 1 saturated heterocycles. The van der Waals surface area contributed by atoms with Crippen LogP contribution in [0.3, 0.4) is 0 Å². The lowest BCUT2D eigenvalue weighted by atomic mass is 9.96. The molecule has 1 aromatic rings. The summed E-state index contributed by atoms with van der Waals surface area (Å²) >= 11 is 0. The van der Waals surface area contributed by atoms with E-state index < -0.39 is 12.2 Å². The molecule has 0 bridgehead atoms. The average molecular weight is 265 g/mol. The SMILES string of the molecule is COC(=O)[C@H]1C[C@H](F)CCN1[C@@H](C)c1ccccc1. The van der Waals surface area contributed by atoms with E-state index in [9.17, 15) is 9.18 Å². The van der Waals surface area contributed by atoms with Crippen LogP contribution in [0.5, 0.6) is 0 Å². The molecule has 0 saturated carbocycles. The number of nitrogens with zero attached hydrogens (tertiary/aromatic N) is 1. The Morgan fingerprint density at radius 1 is 1.42 bits per heavy atom. The van der Waals surface area contributed by atoms with Crippen molar-refractivity contribution in [3.05, 3.63) is 35.9 Å². The Morgan fingerprint density at radius 3 is 2.74 bits per heavy atom. The molecule has 1 aromatic carbocycles. The van der Waals surface area contributed by atoms with E-state index in [1.165, 1.54) is 7.11 Å². The number of ether oxygens (including phenoxy) is 1. The summed E-state index contributed by atoms with van der Waals surface area (Å²) in [6, 6.07) is 9.56. The molecule has 19 heavy (non-hydrogen) atoms. The smallest absolute Gasteiger partial charge is 0.323 e. The maximum Gasteiger partial charge on any atom is 0.323 e. The highest BCUT2D eigenvalue weighted by Crippen LogP contribution is 2.30. The van der Waals surface area contributed by atoms with Crippen molar-refractivity contribution in [2.24, 2.45) is 0 Å². The molecule has 1 aliphatic heterocycles. The minimum absolute atomic E-state index is 0.0813. The third-order valence-electron chi connectivity index (χ3n) is 3.83. The van der Waals surface area contributed by atoms with E-state index >= 15 is 0 Å². The van der Waals surface area contributed by atoms with Crippen molar-refractivity contribution in [2.75, 3.05) is 13.7 Å². The number of alkyl halides is 1. The van der Waals surface area contributed by atoms with Gasteiger partial charge in [0, 0.05) is 19.0 Å². The van der Waals surface area contributed by atoms with Gasteiger partial charge >= 0.3 is 5.97 Å². The molecule has 1 aliphatic rings. The van der Waals surface area contributed by atoms with E-state index in [2.05, 4.69) is 0 Å². The summed E-state index contributed by atoms with van der Waals surface area (Å²) in [6.07, 6.45) is -0.211. The molecule has 4 heteroatoms. The maximum atomic E-state index is 13.5. The van der Waals surface area contributed by atoms with Crippen molar-refractivity contribution in [3.63, 3.8) is 0 Å². The van der Waals surface area contributed by atoms with E-state index in [0.29, 0.717) is 13.0 Å². The number of esters is 1. The van der Waals surface area contributed by atoms with Gasteiger partial charge in [0.05, 0.1) is 7.11 Å². The number of carbonyl (C=O) groups excluding carboxylic acids is 1. The van der Waals surface area contributed by atoms with Gasteiger partial charge in [-0.1, -0.05) is 30.3 Å². The van der Waals surface area contributed by atoms with Gasteiger partial charge in [-0.05, 0) is 18.9 Å². The van der Waals surface area contributed by atoms with Crippen LogP contribution in [-0.2, 0) is 9.53 Å². The van der Waals surface area contributed by atoms with Gasteiger partial charge in [0.1, 0.15) is 12.2 Å². The zero-order valence-electron chi connectivity index (χ0n) is 11.4. The Bertz CT molecular complexity index is 423. The van der Waals surface area contributed by atoms with E-state index in [1.54, 1.807) is 0 Å². The maximum absolute atomic E-state index is 13.5. The largest absolute Gasteiger partial charge is 0.468 e. The number of halogens is 1. The fourth-order valence-electron chi connectivity index (χ4n) is 2.69. The van der Waals surface area contributed by atoms with Crippen LogP contribution in [-0.4, -0.2) is 36.7 Å². The van der Waals surface area contributed by atoms with Gasteiger partial charge in [-0.3, -0.25) is 9.69 Å². The Labute approximate surface area is 113 Å². The molecule has 3 nitrogen and oxygen atoms in total. The summed E-state index contributed by atoms with van der Waals surface area (Å²) in [5.41, 5.74) is 1.13. The minimum Gasteiger partial charge on any atom is -0.468 e. The standard InChI is InChI=1S/C15H20FNO2/c1-11(12-6-4-3-5-7-12)17-9-8-13(16)10-14(17)15(18)19-2/h3-7,11,13-14H,8-10H2,1-2H3/t11-,13+,14+/m0/s1. The minimum atomic E-state index is -0.914. The number of hydrogen-bond acceptors (Lipinski definition) is 3. The monoisotopic (exact) mass is 265 g/mol. The summed E-state index contributed by atoms with van der Waals surface area (Å²) < 4.78 is 18.3. The Kier molecular flexibility index (Phi) is 4.53. The topological polar surface area (TPSA) is 29.5 Å². The molecule has 0 aliphatic carbocycles. The Morgan fingerprint density at radius 2 is 2.11 bits per heavy atom. The zero-order chi connectivity index (χ0) is 13.8. The van der Waals surface area contributed by atoms with Crippen LogP contribution >= 0.6 is 0 Å². The molecule has 2 rings (SSSR count). The predicted octanol–water partition coefficient (Wildman–Crippen LogP) is 2.72. The number of benzene rings is 1. The Hall–Kier alpha value is -1.42. The lowest BCUT2D eigenvalue weighted by Crippen LogP contribution is -2.49. The van der Waals surface area contributed by atoms with Crippen molar-refractivity contribution in [1.82, 2.24) is 4.90 Å². The third-order valence-corrected chi connectivity index (χ3v) is 3.83.